The highest BCUT2D eigenvalue weighted by molar-refractivity contribution is 5.97. The molecule has 0 aliphatic carbocycles. The molecule has 7 heteroatoms. The number of fused-ring (bicyclic) bond motifs is 1. The first-order valence-electron chi connectivity index (χ1n) is 8.15. The summed E-state index contributed by atoms with van der Waals surface area (Å²) >= 11 is 0. The monoisotopic (exact) mass is 353 g/mol. The van der Waals surface area contributed by atoms with Crippen LogP contribution in [0.1, 0.15) is 34.2 Å². The van der Waals surface area contributed by atoms with Gasteiger partial charge in [-0.3, -0.25) is 14.3 Å². The van der Waals surface area contributed by atoms with Gasteiger partial charge in [-0.1, -0.05) is 0 Å². The molecular weight excluding hydrogens is 334 g/mol. The van der Waals surface area contributed by atoms with Crippen molar-refractivity contribution in [1.82, 2.24) is 9.78 Å². The molecule has 0 radical (unpaired) electrons. The fourth-order valence-electron chi connectivity index (χ4n) is 3.10. The van der Waals surface area contributed by atoms with Gasteiger partial charge < -0.3 is 9.73 Å². The Balaban J connectivity index is 1.83. The van der Waals surface area contributed by atoms with Gasteiger partial charge >= 0.3 is 5.63 Å². The van der Waals surface area contributed by atoms with Crippen LogP contribution in [0.3, 0.4) is 0 Å². The van der Waals surface area contributed by atoms with Crippen LogP contribution < -0.4 is 10.9 Å². The number of Topliss-reactive ketones (excluding diaryl/α,β-unsaturated/α-hetero) is 1. The number of carbonyl (C=O) groups excluding carboxylic acids is 2. The van der Waals surface area contributed by atoms with Gasteiger partial charge in [-0.05, 0) is 45.4 Å². The van der Waals surface area contributed by atoms with Gasteiger partial charge in [0.1, 0.15) is 12.1 Å². The molecule has 0 saturated carbocycles. The Morgan fingerprint density at radius 1 is 1.19 bits per heavy atom. The number of carbonyl (C=O) groups is 2. The maximum absolute atomic E-state index is 12.3. The molecule has 0 bridgehead atoms. The molecule has 0 spiro atoms. The zero-order valence-electron chi connectivity index (χ0n) is 15.0. The second-order valence-electron chi connectivity index (χ2n) is 6.27. The van der Waals surface area contributed by atoms with Crippen molar-refractivity contribution < 1.29 is 14.0 Å². The first kappa shape index (κ1) is 17.6. The number of hydrogen-bond acceptors (Lipinski definition) is 5. The lowest BCUT2D eigenvalue weighted by atomic mass is 10.1. The highest BCUT2D eigenvalue weighted by Crippen LogP contribution is 2.21. The molecule has 0 aliphatic heterocycles. The number of amides is 1. The van der Waals surface area contributed by atoms with Gasteiger partial charge in [-0.15, -0.1) is 0 Å². The summed E-state index contributed by atoms with van der Waals surface area (Å²) in [6, 6.07) is 6.58. The Hall–Kier alpha value is -3.22. The van der Waals surface area contributed by atoms with Crippen molar-refractivity contribution in [2.75, 3.05) is 5.32 Å². The minimum absolute atomic E-state index is 0.0181. The van der Waals surface area contributed by atoms with Crippen molar-refractivity contribution in [1.29, 1.82) is 0 Å². The van der Waals surface area contributed by atoms with Crippen LogP contribution in [0.25, 0.3) is 11.0 Å². The highest BCUT2D eigenvalue weighted by Gasteiger charge is 2.17. The summed E-state index contributed by atoms with van der Waals surface area (Å²) < 4.78 is 6.69. The lowest BCUT2D eigenvalue weighted by Crippen LogP contribution is -2.20. The lowest BCUT2D eigenvalue weighted by Gasteiger charge is -2.08. The molecule has 0 fully saturated rings. The average molecular weight is 353 g/mol. The second kappa shape index (κ2) is 6.59. The second-order valence-corrected chi connectivity index (χ2v) is 6.27. The summed E-state index contributed by atoms with van der Waals surface area (Å²) in [6.45, 7) is 6.79. The fourth-order valence-corrected chi connectivity index (χ4v) is 3.10. The summed E-state index contributed by atoms with van der Waals surface area (Å²) in [4.78, 5) is 35.5. The van der Waals surface area contributed by atoms with E-state index < -0.39 is 5.63 Å². The maximum atomic E-state index is 12.3. The van der Waals surface area contributed by atoms with Crippen LogP contribution >= 0.6 is 0 Å². The normalized spacial score (nSPS) is 10.9. The molecule has 0 unspecified atom stereocenters. The first-order chi connectivity index (χ1) is 12.3. The molecule has 2 heterocycles. The predicted molar refractivity (Wildman–Crippen MR) is 97.6 cm³/mol. The SMILES string of the molecule is CC(=O)c1c(C)nn(CC(=O)Nc2ccc3c(C)cc(=O)oc3c2)c1C. The number of nitrogens with one attached hydrogen (secondary N) is 1. The van der Waals surface area contributed by atoms with Gasteiger partial charge in [-0.2, -0.15) is 5.10 Å². The molecular formula is C19H19N3O4. The summed E-state index contributed by atoms with van der Waals surface area (Å²) in [5.74, 6) is -0.369. The van der Waals surface area contributed by atoms with Crippen LogP contribution in [0.4, 0.5) is 5.69 Å². The molecule has 1 N–H and O–H groups in total. The third-order valence-corrected chi connectivity index (χ3v) is 4.26. The Labute approximate surface area is 149 Å². The van der Waals surface area contributed by atoms with Crippen molar-refractivity contribution in [3.05, 3.63) is 57.2 Å². The Morgan fingerprint density at radius 2 is 1.92 bits per heavy atom. The average Bonchev–Trinajstić information content (AvgIpc) is 2.80. The van der Waals surface area contributed by atoms with Crippen molar-refractivity contribution in [3.63, 3.8) is 0 Å². The highest BCUT2D eigenvalue weighted by atomic mass is 16.4. The minimum atomic E-state index is -0.433. The summed E-state index contributed by atoms with van der Waals surface area (Å²) in [5, 5.41) is 7.83. The van der Waals surface area contributed by atoms with E-state index in [9.17, 15) is 14.4 Å². The number of ketones is 1. The van der Waals surface area contributed by atoms with Gasteiger partial charge in [-0.25, -0.2) is 4.79 Å². The third-order valence-electron chi connectivity index (χ3n) is 4.26. The fraction of sp³-hybridized carbons (Fsp3) is 0.263. The van der Waals surface area contributed by atoms with E-state index in [1.165, 1.54) is 17.7 Å². The molecule has 0 saturated heterocycles. The Morgan fingerprint density at radius 3 is 2.58 bits per heavy atom. The van der Waals surface area contributed by atoms with Crippen molar-refractivity contribution in [2.24, 2.45) is 0 Å². The van der Waals surface area contributed by atoms with E-state index in [1.54, 1.807) is 32.0 Å². The van der Waals surface area contributed by atoms with Gasteiger partial charge in [0.05, 0.1) is 11.3 Å². The Kier molecular flexibility index (Phi) is 4.46. The molecule has 7 nitrogen and oxygen atoms in total. The summed E-state index contributed by atoms with van der Waals surface area (Å²) in [5.41, 5.74) is 3.12. The number of aromatic nitrogens is 2. The largest absolute Gasteiger partial charge is 0.423 e. The van der Waals surface area contributed by atoms with E-state index in [2.05, 4.69) is 10.4 Å². The lowest BCUT2D eigenvalue weighted by molar-refractivity contribution is -0.116. The number of anilines is 1. The first-order valence-corrected chi connectivity index (χ1v) is 8.15. The van der Waals surface area contributed by atoms with Crippen LogP contribution in [-0.2, 0) is 11.3 Å². The van der Waals surface area contributed by atoms with E-state index in [1.807, 2.05) is 6.92 Å². The molecule has 3 aromatic rings. The van der Waals surface area contributed by atoms with Crippen LogP contribution in [-0.4, -0.2) is 21.5 Å². The summed E-state index contributed by atoms with van der Waals surface area (Å²) in [7, 11) is 0. The van der Waals surface area contributed by atoms with E-state index in [-0.39, 0.29) is 18.2 Å². The molecule has 0 atom stereocenters. The van der Waals surface area contributed by atoms with Crippen LogP contribution in [0.2, 0.25) is 0 Å². The molecule has 0 aliphatic rings. The number of hydrogen-bond donors (Lipinski definition) is 1. The zero-order chi connectivity index (χ0) is 19.0. The predicted octanol–water partition coefficient (Wildman–Crippen LogP) is 2.76. The van der Waals surface area contributed by atoms with Crippen LogP contribution in [0.5, 0.6) is 0 Å². The van der Waals surface area contributed by atoms with E-state index >= 15 is 0 Å². The minimum Gasteiger partial charge on any atom is -0.423 e. The third kappa shape index (κ3) is 3.28. The van der Waals surface area contributed by atoms with Crippen LogP contribution in [0.15, 0.2) is 33.5 Å². The quantitative estimate of drug-likeness (QED) is 0.575. The van der Waals surface area contributed by atoms with E-state index in [0.717, 1.165) is 10.9 Å². The Bertz CT molecular complexity index is 1090. The molecule has 134 valence electrons. The number of nitrogens with zero attached hydrogens (tertiary/aromatic N) is 2. The topological polar surface area (TPSA) is 94.2 Å². The van der Waals surface area contributed by atoms with E-state index in [4.69, 9.17) is 4.42 Å². The number of aryl methyl sites for hydroxylation is 2. The number of benzene rings is 1. The van der Waals surface area contributed by atoms with Crippen molar-refractivity contribution in [3.8, 4) is 0 Å². The smallest absolute Gasteiger partial charge is 0.336 e. The van der Waals surface area contributed by atoms with Gasteiger partial charge in [0, 0.05) is 28.9 Å². The van der Waals surface area contributed by atoms with Crippen molar-refractivity contribution >= 4 is 28.3 Å². The summed E-state index contributed by atoms with van der Waals surface area (Å²) in [6.07, 6.45) is 0. The maximum Gasteiger partial charge on any atom is 0.336 e. The zero-order valence-corrected chi connectivity index (χ0v) is 15.0. The standard InChI is InChI=1S/C19H19N3O4/c1-10-7-18(25)26-16-8-14(5-6-15(10)16)20-17(24)9-22-12(3)19(13(4)23)11(2)21-22/h5-8H,9H2,1-4H3,(H,20,24). The molecule has 3 rings (SSSR count). The van der Waals surface area contributed by atoms with E-state index in [0.29, 0.717) is 28.2 Å². The molecule has 2 aromatic heterocycles. The van der Waals surface area contributed by atoms with Gasteiger partial charge in [0.15, 0.2) is 5.78 Å². The van der Waals surface area contributed by atoms with Crippen LogP contribution in [0, 0.1) is 20.8 Å². The molecule has 1 aromatic carbocycles. The van der Waals surface area contributed by atoms with Crippen molar-refractivity contribution in [2.45, 2.75) is 34.2 Å². The molecule has 1 amide bonds. The number of rotatable bonds is 4. The van der Waals surface area contributed by atoms with Gasteiger partial charge in [0.2, 0.25) is 5.91 Å². The molecule has 26 heavy (non-hydrogen) atoms. The van der Waals surface area contributed by atoms with Gasteiger partial charge in [0.25, 0.3) is 0 Å².